The third-order valence-electron chi connectivity index (χ3n) is 1.34. The summed E-state index contributed by atoms with van der Waals surface area (Å²) in [4.78, 5) is 21.0. The van der Waals surface area contributed by atoms with Crippen LogP contribution in [0.1, 0.15) is 13.3 Å². The quantitative estimate of drug-likeness (QED) is 0.306. The molecule has 0 saturated carbocycles. The first kappa shape index (κ1) is 12.8. The number of hydrogen-bond acceptors (Lipinski definition) is 6. The number of carbonyl (C=O) groups is 2. The smallest absolute Gasteiger partial charge is 0.344 e. The monoisotopic (exact) mass is 208 g/mol. The summed E-state index contributed by atoms with van der Waals surface area (Å²) in [6.45, 7) is 0.0825. The van der Waals surface area contributed by atoms with Gasteiger partial charge in [-0.2, -0.15) is 0 Å². The molecule has 0 aromatic rings. The lowest BCUT2D eigenvalue weighted by atomic mass is 10.2. The van der Waals surface area contributed by atoms with Crippen molar-refractivity contribution in [3.05, 3.63) is 0 Å². The van der Waals surface area contributed by atoms with E-state index in [0.29, 0.717) is 0 Å². The Morgan fingerprint density at radius 1 is 1.43 bits per heavy atom. The minimum Gasteiger partial charge on any atom is -0.479 e. The van der Waals surface area contributed by atoms with E-state index in [4.69, 9.17) is 20.4 Å². The van der Waals surface area contributed by atoms with Gasteiger partial charge in [0, 0.05) is 0 Å². The largest absolute Gasteiger partial charge is 0.479 e. The van der Waals surface area contributed by atoms with Crippen molar-refractivity contribution >= 4 is 11.9 Å². The summed E-state index contributed by atoms with van der Waals surface area (Å²) in [5, 5.41) is 34.3. The fourth-order valence-electron chi connectivity index (χ4n) is 0.576. The normalized spacial score (nSPS) is 13.4. The minimum absolute atomic E-state index is 0.888. The van der Waals surface area contributed by atoms with Gasteiger partial charge in [-0.15, -0.1) is 0 Å². The van der Waals surface area contributed by atoms with Gasteiger partial charge in [0.15, 0.2) is 11.9 Å². The van der Waals surface area contributed by atoms with Crippen molar-refractivity contribution in [2.45, 2.75) is 25.2 Å². The van der Waals surface area contributed by atoms with Crippen LogP contribution < -0.4 is 0 Å². The molecule has 0 radical (unpaired) electrons. The van der Waals surface area contributed by atoms with Gasteiger partial charge in [-0.3, -0.25) is 4.79 Å². The summed E-state index contributed by atoms with van der Waals surface area (Å²) in [7, 11) is 0. The Morgan fingerprint density at radius 3 is 2.29 bits per heavy atom. The zero-order chi connectivity index (χ0) is 11.4. The third-order valence-corrected chi connectivity index (χ3v) is 1.34. The van der Waals surface area contributed by atoms with Crippen molar-refractivity contribution in [1.82, 2.24) is 0 Å². The van der Waals surface area contributed by atoms with Crippen LogP contribution in [-0.2, 0) is 14.3 Å². The van der Waals surface area contributed by atoms with E-state index >= 15 is 0 Å². The molecule has 7 heteroatoms. The Balaban J connectivity index is 4.05. The van der Waals surface area contributed by atoms with E-state index in [-0.39, 0.29) is 0 Å². The van der Waals surface area contributed by atoms with Crippen LogP contribution in [-0.4, -0.2) is 50.9 Å². The number of ether oxygens (including phenoxy) is 1. The summed E-state index contributed by atoms with van der Waals surface area (Å²) in [5.74, 6) is -5.03. The number of carboxylic acids is 1. The molecule has 0 aromatic carbocycles. The van der Waals surface area contributed by atoms with Gasteiger partial charge in [-0.05, 0) is 6.92 Å². The maximum Gasteiger partial charge on any atom is 0.344 e. The third kappa shape index (κ3) is 4.75. The molecule has 0 bridgehead atoms. The standard InChI is InChI=1S/C7H12O7/c1-4(6(10)11)14-5(9)2-7(12,13)3-8/h4,8,12-13H,2-3H2,1H3,(H,10,11). The first-order valence-corrected chi connectivity index (χ1v) is 3.76. The van der Waals surface area contributed by atoms with E-state index in [2.05, 4.69) is 4.74 Å². The summed E-state index contributed by atoms with van der Waals surface area (Å²) in [6.07, 6.45) is -2.25. The van der Waals surface area contributed by atoms with Crippen molar-refractivity contribution in [3.8, 4) is 0 Å². The lowest BCUT2D eigenvalue weighted by molar-refractivity contribution is -0.204. The highest BCUT2D eigenvalue weighted by atomic mass is 16.6. The molecule has 0 aliphatic carbocycles. The van der Waals surface area contributed by atoms with Crippen LogP contribution in [0, 0.1) is 0 Å². The molecule has 82 valence electrons. The molecule has 1 atom stereocenters. The topological polar surface area (TPSA) is 124 Å². The summed E-state index contributed by atoms with van der Waals surface area (Å²) in [5.41, 5.74) is 0. The maximum absolute atomic E-state index is 10.8. The molecule has 1 unspecified atom stereocenters. The lowest BCUT2D eigenvalue weighted by Gasteiger charge is -2.18. The van der Waals surface area contributed by atoms with E-state index in [9.17, 15) is 9.59 Å². The van der Waals surface area contributed by atoms with Gasteiger partial charge in [0.25, 0.3) is 0 Å². The number of carbonyl (C=O) groups excluding carboxylic acids is 1. The Hall–Kier alpha value is -1.18. The molecule has 14 heavy (non-hydrogen) atoms. The van der Waals surface area contributed by atoms with E-state index in [1.54, 1.807) is 0 Å². The van der Waals surface area contributed by atoms with E-state index in [1.807, 2.05) is 0 Å². The molecule has 0 aromatic heterocycles. The van der Waals surface area contributed by atoms with Gasteiger partial charge in [-0.1, -0.05) is 0 Å². The van der Waals surface area contributed by atoms with Crippen LogP contribution in [0.3, 0.4) is 0 Å². The number of esters is 1. The predicted octanol–water partition coefficient (Wildman–Crippen LogP) is -1.93. The first-order chi connectivity index (χ1) is 6.28. The van der Waals surface area contributed by atoms with Crippen LogP contribution in [0.25, 0.3) is 0 Å². The number of aliphatic hydroxyl groups excluding tert-OH is 1. The van der Waals surface area contributed by atoms with E-state index in [1.165, 1.54) is 0 Å². The minimum atomic E-state index is -2.57. The Kier molecular flexibility index (Phi) is 4.48. The number of aliphatic hydroxyl groups is 3. The highest BCUT2D eigenvalue weighted by Crippen LogP contribution is 2.07. The zero-order valence-electron chi connectivity index (χ0n) is 7.51. The first-order valence-electron chi connectivity index (χ1n) is 3.76. The predicted molar refractivity (Wildman–Crippen MR) is 42.1 cm³/mol. The van der Waals surface area contributed by atoms with Gasteiger partial charge in [0.1, 0.15) is 6.42 Å². The molecule has 0 aliphatic rings. The van der Waals surface area contributed by atoms with Crippen LogP contribution in [0.2, 0.25) is 0 Å². The fourth-order valence-corrected chi connectivity index (χ4v) is 0.576. The molecule has 7 nitrogen and oxygen atoms in total. The SMILES string of the molecule is CC(OC(=O)CC(O)(O)CO)C(=O)O. The summed E-state index contributed by atoms with van der Waals surface area (Å²) < 4.78 is 4.28. The summed E-state index contributed by atoms with van der Waals surface area (Å²) in [6, 6.07) is 0. The number of hydrogen-bond donors (Lipinski definition) is 4. The average molecular weight is 208 g/mol. The van der Waals surface area contributed by atoms with Crippen LogP contribution >= 0.6 is 0 Å². The summed E-state index contributed by atoms with van der Waals surface area (Å²) >= 11 is 0. The molecule has 0 heterocycles. The molecule has 0 rings (SSSR count). The van der Waals surface area contributed by atoms with Crippen LogP contribution in [0.4, 0.5) is 0 Å². The second-order valence-corrected chi connectivity index (χ2v) is 2.79. The fraction of sp³-hybridized carbons (Fsp3) is 0.714. The van der Waals surface area contributed by atoms with Gasteiger partial charge in [0.2, 0.25) is 0 Å². The second-order valence-electron chi connectivity index (χ2n) is 2.79. The number of aliphatic carboxylic acids is 1. The highest BCUT2D eigenvalue weighted by Gasteiger charge is 2.28. The van der Waals surface area contributed by atoms with Crippen molar-refractivity contribution in [1.29, 1.82) is 0 Å². The van der Waals surface area contributed by atoms with E-state index in [0.717, 1.165) is 6.92 Å². The van der Waals surface area contributed by atoms with Gasteiger partial charge in [0.05, 0.1) is 6.61 Å². The van der Waals surface area contributed by atoms with Crippen molar-refractivity contribution in [3.63, 3.8) is 0 Å². The molecule has 0 fully saturated rings. The van der Waals surface area contributed by atoms with E-state index < -0.39 is 36.9 Å². The van der Waals surface area contributed by atoms with Gasteiger partial charge >= 0.3 is 11.9 Å². The number of carboxylic acid groups (broad SMARTS) is 1. The Labute approximate surface area is 79.5 Å². The molecule has 0 saturated heterocycles. The van der Waals surface area contributed by atoms with Crippen LogP contribution in [0.15, 0.2) is 0 Å². The van der Waals surface area contributed by atoms with Crippen molar-refractivity contribution in [2.75, 3.05) is 6.61 Å². The van der Waals surface area contributed by atoms with Gasteiger partial charge < -0.3 is 25.2 Å². The van der Waals surface area contributed by atoms with Crippen molar-refractivity contribution in [2.24, 2.45) is 0 Å². The molecule has 4 N–H and O–H groups in total. The Bertz CT molecular complexity index is 222. The molecule has 0 aliphatic heterocycles. The molecule has 0 amide bonds. The average Bonchev–Trinajstić information content (AvgIpc) is 2.02. The number of rotatable bonds is 5. The van der Waals surface area contributed by atoms with Gasteiger partial charge in [-0.25, -0.2) is 4.79 Å². The molecular weight excluding hydrogens is 196 g/mol. The molecule has 0 spiro atoms. The van der Waals surface area contributed by atoms with Crippen molar-refractivity contribution < 1.29 is 34.8 Å². The highest BCUT2D eigenvalue weighted by molar-refractivity contribution is 5.77. The zero-order valence-corrected chi connectivity index (χ0v) is 7.51. The maximum atomic E-state index is 10.8. The lowest BCUT2D eigenvalue weighted by Crippen LogP contribution is -2.37. The Morgan fingerprint density at radius 2 is 1.93 bits per heavy atom. The second kappa shape index (κ2) is 4.89. The van der Waals surface area contributed by atoms with Crippen LogP contribution in [0.5, 0.6) is 0 Å². The molecular formula is C7H12O7.